The smallest absolute Gasteiger partial charge is 0.254 e. The number of carbonyl (C=O) groups is 2. The molecule has 2 heterocycles. The third-order valence-electron chi connectivity index (χ3n) is 6.58. The third kappa shape index (κ3) is 5.75. The van der Waals surface area contributed by atoms with E-state index in [-0.39, 0.29) is 24.4 Å². The van der Waals surface area contributed by atoms with Crippen molar-refractivity contribution in [1.29, 1.82) is 0 Å². The van der Waals surface area contributed by atoms with Gasteiger partial charge in [0.15, 0.2) is 0 Å². The zero-order valence-electron chi connectivity index (χ0n) is 19.0. The maximum absolute atomic E-state index is 13.5. The van der Waals surface area contributed by atoms with Crippen molar-refractivity contribution in [3.8, 4) is 0 Å². The maximum atomic E-state index is 13.5. The quantitative estimate of drug-likeness (QED) is 0.759. The Kier molecular flexibility index (Phi) is 7.55. The fourth-order valence-electron chi connectivity index (χ4n) is 4.62. The molecule has 0 aliphatic carbocycles. The van der Waals surface area contributed by atoms with Crippen molar-refractivity contribution >= 4 is 11.8 Å². The van der Waals surface area contributed by atoms with E-state index in [4.69, 9.17) is 0 Å². The monoisotopic (exact) mass is 434 g/mol. The Morgan fingerprint density at radius 1 is 0.938 bits per heavy atom. The summed E-state index contributed by atoms with van der Waals surface area (Å²) in [6.07, 6.45) is 1.78. The second-order valence-corrected chi connectivity index (χ2v) is 8.92. The Bertz CT molecular complexity index is 886. The first kappa shape index (κ1) is 22.5. The van der Waals surface area contributed by atoms with Crippen molar-refractivity contribution in [1.82, 2.24) is 20.0 Å². The number of piperidine rings is 1. The highest BCUT2D eigenvalue weighted by Crippen LogP contribution is 2.21. The third-order valence-corrected chi connectivity index (χ3v) is 6.58. The predicted molar refractivity (Wildman–Crippen MR) is 126 cm³/mol. The van der Waals surface area contributed by atoms with Crippen LogP contribution in [-0.4, -0.2) is 78.4 Å². The minimum absolute atomic E-state index is 0.0324. The topological polar surface area (TPSA) is 55.9 Å². The summed E-state index contributed by atoms with van der Waals surface area (Å²) in [5, 5.41) is 3.28. The predicted octanol–water partition coefficient (Wildman–Crippen LogP) is 2.53. The summed E-state index contributed by atoms with van der Waals surface area (Å²) in [5.41, 5.74) is 3.10. The van der Waals surface area contributed by atoms with Crippen LogP contribution in [0.25, 0.3) is 0 Å². The number of nitrogens with one attached hydrogen (secondary N) is 1. The van der Waals surface area contributed by atoms with Crippen LogP contribution in [-0.2, 0) is 11.3 Å². The maximum Gasteiger partial charge on any atom is 0.254 e. The van der Waals surface area contributed by atoms with Crippen LogP contribution in [0.15, 0.2) is 54.6 Å². The van der Waals surface area contributed by atoms with Crippen molar-refractivity contribution in [2.24, 2.45) is 0 Å². The number of aryl methyl sites for hydroxylation is 1. The molecule has 6 nitrogen and oxygen atoms in total. The van der Waals surface area contributed by atoms with Gasteiger partial charge in [-0.1, -0.05) is 48.0 Å². The van der Waals surface area contributed by atoms with Gasteiger partial charge in [0.05, 0.1) is 0 Å². The largest absolute Gasteiger partial charge is 0.339 e. The van der Waals surface area contributed by atoms with Crippen molar-refractivity contribution in [2.45, 2.75) is 32.4 Å². The van der Waals surface area contributed by atoms with E-state index in [1.807, 2.05) is 47.1 Å². The second-order valence-electron chi connectivity index (χ2n) is 8.92. The molecule has 0 saturated carbocycles. The number of benzene rings is 2. The Morgan fingerprint density at radius 3 is 2.25 bits per heavy atom. The highest BCUT2D eigenvalue weighted by molar-refractivity contribution is 5.96. The van der Waals surface area contributed by atoms with Gasteiger partial charge in [-0.05, 0) is 37.5 Å². The number of piperazine rings is 1. The molecule has 0 radical (unpaired) electrons. The first-order valence-electron chi connectivity index (χ1n) is 11.7. The number of amides is 2. The van der Waals surface area contributed by atoms with Gasteiger partial charge in [-0.25, -0.2) is 0 Å². The van der Waals surface area contributed by atoms with Crippen LogP contribution in [0.5, 0.6) is 0 Å². The summed E-state index contributed by atoms with van der Waals surface area (Å²) in [6, 6.07) is 18.3. The van der Waals surface area contributed by atoms with Gasteiger partial charge in [-0.3, -0.25) is 14.5 Å². The fraction of sp³-hybridized carbons (Fsp3) is 0.462. The second kappa shape index (κ2) is 10.7. The van der Waals surface area contributed by atoms with E-state index in [1.165, 1.54) is 5.56 Å². The van der Waals surface area contributed by atoms with Crippen molar-refractivity contribution in [3.63, 3.8) is 0 Å². The van der Waals surface area contributed by atoms with Crippen LogP contribution in [0.4, 0.5) is 0 Å². The van der Waals surface area contributed by atoms with Gasteiger partial charge in [0.2, 0.25) is 5.91 Å². The number of hydrogen-bond acceptors (Lipinski definition) is 4. The van der Waals surface area contributed by atoms with Crippen LogP contribution in [0.1, 0.15) is 34.3 Å². The lowest BCUT2D eigenvalue weighted by molar-refractivity contribution is -0.133. The molecular formula is C26H34N4O2. The van der Waals surface area contributed by atoms with E-state index in [2.05, 4.69) is 34.5 Å². The summed E-state index contributed by atoms with van der Waals surface area (Å²) >= 11 is 0. The molecule has 2 aromatic carbocycles. The number of rotatable bonds is 6. The van der Waals surface area contributed by atoms with Crippen LogP contribution in [0, 0.1) is 6.92 Å². The van der Waals surface area contributed by atoms with Crippen molar-refractivity contribution in [2.75, 3.05) is 45.8 Å². The molecule has 1 N–H and O–H groups in total. The number of nitrogens with zero attached hydrogens (tertiary/aromatic N) is 3. The SMILES string of the molecule is Cc1ccc(C(=O)N(CC(=O)N2CCNCC2)C2CCN(Cc3ccccc3)CC2)cc1. The van der Waals surface area contributed by atoms with Gasteiger partial charge in [0.1, 0.15) is 6.54 Å². The van der Waals surface area contributed by atoms with Gasteiger partial charge in [-0.15, -0.1) is 0 Å². The molecule has 2 aliphatic rings. The Hall–Kier alpha value is -2.70. The lowest BCUT2D eigenvalue weighted by Gasteiger charge is -2.39. The summed E-state index contributed by atoms with van der Waals surface area (Å²) < 4.78 is 0. The number of likely N-dealkylation sites (tertiary alicyclic amines) is 1. The standard InChI is InChI=1S/C26H34N4O2/c1-21-7-9-23(10-8-21)26(32)30(20-25(31)29-17-13-27-14-18-29)24-11-15-28(16-12-24)19-22-5-3-2-4-6-22/h2-10,24,27H,11-20H2,1H3. The zero-order chi connectivity index (χ0) is 22.3. The molecule has 0 atom stereocenters. The number of carbonyl (C=O) groups excluding carboxylic acids is 2. The van der Waals surface area contributed by atoms with Gasteiger partial charge in [-0.2, -0.15) is 0 Å². The normalized spacial score (nSPS) is 17.8. The van der Waals surface area contributed by atoms with E-state index in [0.717, 1.165) is 51.1 Å². The van der Waals surface area contributed by atoms with Gasteiger partial charge in [0, 0.05) is 57.4 Å². The average molecular weight is 435 g/mol. The molecule has 32 heavy (non-hydrogen) atoms. The van der Waals surface area contributed by atoms with Crippen LogP contribution < -0.4 is 5.32 Å². The molecule has 2 amide bonds. The summed E-state index contributed by atoms with van der Waals surface area (Å²) in [4.78, 5) is 32.7. The fourth-order valence-corrected chi connectivity index (χ4v) is 4.62. The van der Waals surface area contributed by atoms with E-state index in [0.29, 0.717) is 18.7 Å². The molecule has 4 rings (SSSR count). The summed E-state index contributed by atoms with van der Waals surface area (Å²) in [6.45, 7) is 8.02. The zero-order valence-corrected chi connectivity index (χ0v) is 19.0. The molecule has 6 heteroatoms. The molecule has 0 unspecified atom stereocenters. The first-order valence-corrected chi connectivity index (χ1v) is 11.7. The Morgan fingerprint density at radius 2 is 1.59 bits per heavy atom. The minimum Gasteiger partial charge on any atom is -0.339 e. The Labute approximate surface area is 191 Å². The lowest BCUT2D eigenvalue weighted by atomic mass is 10.0. The van der Waals surface area contributed by atoms with E-state index < -0.39 is 0 Å². The molecule has 2 aliphatic heterocycles. The van der Waals surface area contributed by atoms with E-state index in [1.54, 1.807) is 0 Å². The molecular weight excluding hydrogens is 400 g/mol. The van der Waals surface area contributed by atoms with Crippen LogP contribution in [0.2, 0.25) is 0 Å². The van der Waals surface area contributed by atoms with Crippen molar-refractivity contribution < 1.29 is 9.59 Å². The molecule has 0 spiro atoms. The Balaban J connectivity index is 1.44. The highest BCUT2D eigenvalue weighted by atomic mass is 16.2. The molecule has 2 aromatic rings. The summed E-state index contributed by atoms with van der Waals surface area (Å²) in [5.74, 6) is 0.0219. The first-order chi connectivity index (χ1) is 15.6. The number of hydrogen-bond donors (Lipinski definition) is 1. The minimum atomic E-state index is -0.0324. The lowest BCUT2D eigenvalue weighted by Crippen LogP contribution is -2.54. The van der Waals surface area contributed by atoms with Crippen molar-refractivity contribution in [3.05, 3.63) is 71.3 Å². The van der Waals surface area contributed by atoms with Gasteiger partial charge >= 0.3 is 0 Å². The van der Waals surface area contributed by atoms with Gasteiger partial charge < -0.3 is 15.1 Å². The molecule has 2 saturated heterocycles. The molecule has 2 fully saturated rings. The highest BCUT2D eigenvalue weighted by Gasteiger charge is 2.31. The molecule has 170 valence electrons. The van der Waals surface area contributed by atoms with Crippen LogP contribution in [0.3, 0.4) is 0 Å². The average Bonchev–Trinajstić information content (AvgIpc) is 2.84. The summed E-state index contributed by atoms with van der Waals surface area (Å²) in [7, 11) is 0. The molecule has 0 bridgehead atoms. The molecule has 0 aromatic heterocycles. The van der Waals surface area contributed by atoms with E-state index >= 15 is 0 Å². The van der Waals surface area contributed by atoms with Gasteiger partial charge in [0.25, 0.3) is 5.91 Å². The van der Waals surface area contributed by atoms with E-state index in [9.17, 15) is 9.59 Å². The van der Waals surface area contributed by atoms with Crippen LogP contribution >= 0.6 is 0 Å².